The van der Waals surface area contributed by atoms with Gasteiger partial charge in [0.25, 0.3) is 0 Å². The molecule has 24 heavy (non-hydrogen) atoms. The summed E-state index contributed by atoms with van der Waals surface area (Å²) in [6.07, 6.45) is 1.55. The lowest BCUT2D eigenvalue weighted by molar-refractivity contribution is 0.474. The van der Waals surface area contributed by atoms with Crippen LogP contribution >= 0.6 is 0 Å². The lowest BCUT2D eigenvalue weighted by Crippen LogP contribution is -2.04. The predicted octanol–water partition coefficient (Wildman–Crippen LogP) is 2.82. The van der Waals surface area contributed by atoms with Gasteiger partial charge in [-0.1, -0.05) is 36.4 Å². The quantitative estimate of drug-likeness (QED) is 0.448. The molecule has 0 aliphatic carbocycles. The van der Waals surface area contributed by atoms with Crippen molar-refractivity contribution in [3.05, 3.63) is 60.4 Å². The Labute approximate surface area is 137 Å². The zero-order chi connectivity index (χ0) is 16.5. The first kappa shape index (κ1) is 14.1. The van der Waals surface area contributed by atoms with Crippen LogP contribution in [-0.4, -0.2) is 30.6 Å². The van der Waals surface area contributed by atoms with Gasteiger partial charge in [-0.05, 0) is 19.1 Å². The third-order valence-corrected chi connectivity index (χ3v) is 3.78. The first-order valence-electron chi connectivity index (χ1n) is 7.41. The molecule has 0 radical (unpaired) electrons. The second-order valence-electron chi connectivity index (χ2n) is 5.32. The maximum absolute atomic E-state index is 9.92. The highest BCUT2D eigenvalue weighted by atomic mass is 16.3. The topological polar surface area (TPSA) is 87.7 Å². The normalized spacial score (nSPS) is 12.0. The van der Waals surface area contributed by atoms with Crippen molar-refractivity contribution in [1.82, 2.24) is 19.8 Å². The van der Waals surface area contributed by atoms with E-state index in [1.807, 2.05) is 43.3 Å². The van der Waals surface area contributed by atoms with Crippen molar-refractivity contribution in [1.29, 1.82) is 0 Å². The number of aromatic hydroxyl groups is 1. The molecular formula is C17H14N6O. The number of nitrogens with zero attached hydrogens (tertiary/aromatic N) is 5. The van der Waals surface area contributed by atoms with Gasteiger partial charge < -0.3 is 5.11 Å². The van der Waals surface area contributed by atoms with Crippen LogP contribution in [-0.2, 0) is 0 Å². The zero-order valence-corrected chi connectivity index (χ0v) is 12.9. The van der Waals surface area contributed by atoms with Crippen LogP contribution in [0.1, 0.15) is 12.5 Å². The Morgan fingerprint density at radius 3 is 2.67 bits per heavy atom. The van der Waals surface area contributed by atoms with Crippen LogP contribution in [0.5, 0.6) is 5.75 Å². The summed E-state index contributed by atoms with van der Waals surface area (Å²) in [5.74, 6) is 0.778. The average molecular weight is 318 g/mol. The van der Waals surface area contributed by atoms with Gasteiger partial charge in [-0.25, -0.2) is 0 Å². The van der Waals surface area contributed by atoms with E-state index >= 15 is 0 Å². The van der Waals surface area contributed by atoms with Crippen molar-refractivity contribution in [2.24, 2.45) is 5.10 Å². The highest BCUT2D eigenvalue weighted by molar-refractivity contribution is 6.03. The number of rotatable bonds is 3. The van der Waals surface area contributed by atoms with E-state index in [9.17, 15) is 5.11 Å². The lowest BCUT2D eigenvalue weighted by Gasteiger charge is -2.08. The molecule has 0 amide bonds. The Bertz CT molecular complexity index is 1070. The first-order valence-corrected chi connectivity index (χ1v) is 7.41. The van der Waals surface area contributed by atoms with E-state index in [0.717, 1.165) is 10.8 Å². The van der Waals surface area contributed by atoms with Crippen molar-refractivity contribution >= 4 is 27.9 Å². The van der Waals surface area contributed by atoms with Gasteiger partial charge >= 0.3 is 0 Å². The number of hydrazone groups is 1. The van der Waals surface area contributed by atoms with E-state index in [2.05, 4.69) is 25.8 Å². The molecule has 4 rings (SSSR count). The van der Waals surface area contributed by atoms with Crippen molar-refractivity contribution in [3.8, 4) is 5.75 Å². The maximum Gasteiger partial charge on any atom is 0.185 e. The second-order valence-corrected chi connectivity index (χ2v) is 5.32. The Morgan fingerprint density at radius 1 is 1.08 bits per heavy atom. The smallest absolute Gasteiger partial charge is 0.185 e. The van der Waals surface area contributed by atoms with Crippen LogP contribution in [0, 0.1) is 0 Å². The summed E-state index contributed by atoms with van der Waals surface area (Å²) in [6, 6.07) is 14.9. The fraction of sp³-hybridized carbons (Fsp3) is 0.0588. The standard InChI is InChI=1S/C17H14N6O/c1-11(12-6-4-5-9-15(12)24)19-20-16-13-7-2-3-8-14(13)17-21-18-10-23(17)22-16/h2-10,24H,1H3,(H,20,22). The molecule has 2 aromatic carbocycles. The summed E-state index contributed by atoms with van der Waals surface area (Å²) in [6.45, 7) is 1.82. The minimum atomic E-state index is 0.188. The van der Waals surface area contributed by atoms with E-state index in [1.165, 1.54) is 0 Å². The molecule has 0 fully saturated rings. The van der Waals surface area contributed by atoms with Crippen LogP contribution in [0.15, 0.2) is 60.0 Å². The van der Waals surface area contributed by atoms with Crippen molar-refractivity contribution < 1.29 is 5.11 Å². The Balaban J connectivity index is 1.79. The molecule has 0 aliphatic heterocycles. The highest BCUT2D eigenvalue weighted by Crippen LogP contribution is 2.24. The van der Waals surface area contributed by atoms with E-state index < -0.39 is 0 Å². The summed E-state index contributed by atoms with van der Waals surface area (Å²) in [5.41, 5.74) is 5.00. The summed E-state index contributed by atoms with van der Waals surface area (Å²) in [5, 5.41) is 28.6. The molecule has 118 valence electrons. The molecule has 4 aromatic rings. The van der Waals surface area contributed by atoms with E-state index in [-0.39, 0.29) is 5.75 Å². The summed E-state index contributed by atoms with van der Waals surface area (Å²) >= 11 is 0. The third-order valence-electron chi connectivity index (χ3n) is 3.78. The average Bonchev–Trinajstić information content (AvgIpc) is 3.08. The number of para-hydroxylation sites is 1. The molecule has 2 aromatic heterocycles. The van der Waals surface area contributed by atoms with Crippen LogP contribution in [0.25, 0.3) is 16.4 Å². The van der Waals surface area contributed by atoms with Gasteiger partial charge in [0.1, 0.15) is 12.1 Å². The van der Waals surface area contributed by atoms with Crippen molar-refractivity contribution in [2.45, 2.75) is 6.92 Å². The van der Waals surface area contributed by atoms with Crippen LogP contribution in [0.4, 0.5) is 5.82 Å². The van der Waals surface area contributed by atoms with Crippen molar-refractivity contribution in [3.63, 3.8) is 0 Å². The van der Waals surface area contributed by atoms with E-state index in [1.54, 1.807) is 23.0 Å². The molecule has 0 atom stereocenters. The molecule has 0 saturated heterocycles. The van der Waals surface area contributed by atoms with Crippen LogP contribution < -0.4 is 5.43 Å². The monoisotopic (exact) mass is 318 g/mol. The van der Waals surface area contributed by atoms with Crippen molar-refractivity contribution in [2.75, 3.05) is 5.43 Å². The Morgan fingerprint density at radius 2 is 1.83 bits per heavy atom. The summed E-state index contributed by atoms with van der Waals surface area (Å²) in [7, 11) is 0. The SMILES string of the molecule is CC(=NNc1nn2cnnc2c2ccccc12)c1ccccc1O. The molecule has 2 heterocycles. The second kappa shape index (κ2) is 5.62. The summed E-state index contributed by atoms with van der Waals surface area (Å²) in [4.78, 5) is 0. The fourth-order valence-corrected chi connectivity index (χ4v) is 2.59. The van der Waals surface area contributed by atoms with Gasteiger partial charge in [-0.15, -0.1) is 15.3 Å². The number of aromatic nitrogens is 4. The van der Waals surface area contributed by atoms with E-state index in [4.69, 9.17) is 0 Å². The molecule has 0 bridgehead atoms. The number of hydrogen-bond donors (Lipinski definition) is 2. The third kappa shape index (κ3) is 2.32. The number of phenols is 1. The molecule has 0 spiro atoms. The van der Waals surface area contributed by atoms with Gasteiger partial charge in [0, 0.05) is 16.3 Å². The largest absolute Gasteiger partial charge is 0.507 e. The molecule has 7 nitrogen and oxygen atoms in total. The zero-order valence-electron chi connectivity index (χ0n) is 12.9. The summed E-state index contributed by atoms with van der Waals surface area (Å²) < 4.78 is 1.61. The van der Waals surface area contributed by atoms with Gasteiger partial charge in [0.15, 0.2) is 11.5 Å². The Hall–Kier alpha value is -3.48. The van der Waals surface area contributed by atoms with Crippen LogP contribution in [0.3, 0.4) is 0 Å². The molecular weight excluding hydrogens is 304 g/mol. The Kier molecular flexibility index (Phi) is 3.31. The molecule has 0 unspecified atom stereocenters. The van der Waals surface area contributed by atoms with Crippen LogP contribution in [0.2, 0.25) is 0 Å². The highest BCUT2D eigenvalue weighted by Gasteiger charge is 2.10. The fourth-order valence-electron chi connectivity index (χ4n) is 2.59. The first-order chi connectivity index (χ1) is 11.7. The number of benzene rings is 2. The maximum atomic E-state index is 9.92. The predicted molar refractivity (Wildman–Crippen MR) is 92.2 cm³/mol. The lowest BCUT2D eigenvalue weighted by atomic mass is 10.1. The minimum Gasteiger partial charge on any atom is -0.507 e. The minimum absolute atomic E-state index is 0.188. The van der Waals surface area contributed by atoms with Gasteiger partial charge in [-0.2, -0.15) is 9.62 Å². The molecule has 0 aliphatic rings. The number of nitrogens with one attached hydrogen (secondary N) is 1. The van der Waals surface area contributed by atoms with Gasteiger partial charge in [0.2, 0.25) is 0 Å². The number of anilines is 1. The van der Waals surface area contributed by atoms with Gasteiger partial charge in [0.05, 0.1) is 5.71 Å². The number of fused-ring (bicyclic) bond motifs is 3. The van der Waals surface area contributed by atoms with Gasteiger partial charge in [-0.3, -0.25) is 5.43 Å². The molecule has 0 saturated carbocycles. The molecule has 7 heteroatoms. The molecule has 2 N–H and O–H groups in total. The number of phenolic OH excluding ortho intramolecular Hbond substituents is 1. The number of hydrogen-bond acceptors (Lipinski definition) is 6. The van der Waals surface area contributed by atoms with E-state index in [0.29, 0.717) is 22.7 Å².